The third-order valence-corrected chi connectivity index (χ3v) is 6.49. The Hall–Kier alpha value is -1.58. The van der Waals surface area contributed by atoms with Crippen molar-refractivity contribution in [2.24, 2.45) is 10.1 Å². The van der Waals surface area contributed by atoms with E-state index >= 15 is 0 Å². The molecule has 9 heteroatoms. The maximum Gasteiger partial charge on any atom is 0.239 e. The van der Waals surface area contributed by atoms with Gasteiger partial charge in [0.1, 0.15) is 4.90 Å². The number of aliphatic imine (C=N–C) groups is 1. The molecule has 0 aromatic heterocycles. The van der Waals surface area contributed by atoms with E-state index in [1.165, 1.54) is 23.9 Å². The first kappa shape index (κ1) is 18.2. The van der Waals surface area contributed by atoms with Crippen molar-refractivity contribution in [2.45, 2.75) is 10.6 Å². The smallest absolute Gasteiger partial charge is 0.239 e. The summed E-state index contributed by atoms with van der Waals surface area (Å²) in [6.07, 6.45) is 0. The van der Waals surface area contributed by atoms with E-state index in [4.69, 9.17) is 16.7 Å². The molecule has 1 saturated heterocycles. The number of nitrogens with two attached hydrogens (primary N) is 1. The fraction of sp³-hybridized carbons (Fsp3) is 0.188. The molecule has 1 aliphatic heterocycles. The maximum absolute atomic E-state index is 11.7. The van der Waals surface area contributed by atoms with E-state index in [0.717, 1.165) is 5.69 Å². The summed E-state index contributed by atoms with van der Waals surface area (Å²) in [6, 6.07) is 13.7. The fourth-order valence-electron chi connectivity index (χ4n) is 2.48. The molecule has 2 aromatic rings. The van der Waals surface area contributed by atoms with Crippen molar-refractivity contribution in [1.29, 1.82) is 0 Å². The molecular weight excluding hydrogens is 382 g/mol. The van der Waals surface area contributed by atoms with Gasteiger partial charge in [-0.05, 0) is 24.3 Å². The molecule has 0 aliphatic carbocycles. The van der Waals surface area contributed by atoms with Gasteiger partial charge in [0.25, 0.3) is 0 Å². The number of thioether (sulfide) groups is 1. The molecule has 1 heterocycles. The second-order valence-electron chi connectivity index (χ2n) is 5.58. The molecule has 1 aliphatic rings. The lowest BCUT2D eigenvalue weighted by Crippen LogP contribution is -2.42. The number of hydrogen-bond acceptors (Lipinski definition) is 5. The molecule has 3 rings (SSSR count). The Balaban J connectivity index is 2.00. The van der Waals surface area contributed by atoms with Gasteiger partial charge in [0.15, 0.2) is 10.9 Å². The summed E-state index contributed by atoms with van der Waals surface area (Å²) < 4.78 is 23.4. The van der Waals surface area contributed by atoms with Crippen LogP contribution in [0, 0.1) is 0 Å². The van der Waals surface area contributed by atoms with Crippen LogP contribution in [0.1, 0.15) is 5.56 Å². The van der Waals surface area contributed by atoms with Crippen molar-refractivity contribution < 1.29 is 13.5 Å². The first-order valence-electron chi connectivity index (χ1n) is 7.27. The van der Waals surface area contributed by atoms with Gasteiger partial charge < -0.3 is 10.0 Å². The van der Waals surface area contributed by atoms with Gasteiger partial charge in [-0.25, -0.2) is 18.5 Å². The molecular formula is C16H16ClN3O3S2. The van der Waals surface area contributed by atoms with E-state index in [9.17, 15) is 13.5 Å². The number of hydrogen-bond donors (Lipinski definition) is 2. The lowest BCUT2D eigenvalue weighted by molar-refractivity contribution is -0.0349. The third-order valence-electron chi connectivity index (χ3n) is 3.93. The van der Waals surface area contributed by atoms with Crippen molar-refractivity contribution in [3.05, 3.63) is 59.1 Å². The van der Waals surface area contributed by atoms with Gasteiger partial charge in [-0.1, -0.05) is 47.6 Å². The molecule has 0 bridgehead atoms. The van der Waals surface area contributed by atoms with Gasteiger partial charge in [-0.2, -0.15) is 0 Å². The summed E-state index contributed by atoms with van der Waals surface area (Å²) >= 11 is 7.30. The molecule has 132 valence electrons. The van der Waals surface area contributed by atoms with E-state index < -0.39 is 15.7 Å². The SMILES string of the molecule is CN1C(=Nc2ccccc2)SCC1(O)c1ccc(Cl)c(S(N)(=O)=O)c1. The van der Waals surface area contributed by atoms with Crippen molar-refractivity contribution >= 4 is 44.2 Å². The summed E-state index contributed by atoms with van der Waals surface area (Å²) in [7, 11) is -2.29. The van der Waals surface area contributed by atoms with Crippen LogP contribution in [-0.4, -0.2) is 36.4 Å². The Morgan fingerprint density at radius 1 is 1.28 bits per heavy atom. The summed E-state index contributed by atoms with van der Waals surface area (Å²) in [4.78, 5) is 5.92. The van der Waals surface area contributed by atoms with Gasteiger partial charge in [-0.3, -0.25) is 0 Å². The van der Waals surface area contributed by atoms with Crippen LogP contribution in [0.2, 0.25) is 5.02 Å². The maximum atomic E-state index is 11.7. The number of halogens is 1. The van der Waals surface area contributed by atoms with Crippen LogP contribution in [0.15, 0.2) is 58.4 Å². The molecule has 0 radical (unpaired) electrons. The second-order valence-corrected chi connectivity index (χ2v) is 8.46. The predicted molar refractivity (Wildman–Crippen MR) is 100 cm³/mol. The topological polar surface area (TPSA) is 96.0 Å². The van der Waals surface area contributed by atoms with E-state index in [-0.39, 0.29) is 9.92 Å². The zero-order valence-corrected chi connectivity index (χ0v) is 15.6. The number of amidine groups is 1. The van der Waals surface area contributed by atoms with Crippen LogP contribution in [0.3, 0.4) is 0 Å². The monoisotopic (exact) mass is 397 g/mol. The molecule has 3 N–H and O–H groups in total. The van der Waals surface area contributed by atoms with Crippen molar-refractivity contribution in [3.63, 3.8) is 0 Å². The van der Waals surface area contributed by atoms with Crippen molar-refractivity contribution in [1.82, 2.24) is 4.90 Å². The van der Waals surface area contributed by atoms with Gasteiger partial charge in [0.2, 0.25) is 10.0 Å². The Kier molecular flexibility index (Phi) is 4.82. The molecule has 6 nitrogen and oxygen atoms in total. The van der Waals surface area contributed by atoms with Gasteiger partial charge in [0, 0.05) is 12.6 Å². The quantitative estimate of drug-likeness (QED) is 0.829. The Labute approximate surface area is 155 Å². The Bertz CT molecular complexity index is 935. The number of aliphatic hydroxyl groups is 1. The molecule has 0 amide bonds. The zero-order valence-electron chi connectivity index (χ0n) is 13.3. The predicted octanol–water partition coefficient (Wildman–Crippen LogP) is 2.50. The number of para-hydroxylation sites is 1. The highest BCUT2D eigenvalue weighted by Gasteiger charge is 2.43. The van der Waals surface area contributed by atoms with Crippen molar-refractivity contribution in [2.75, 3.05) is 12.8 Å². The zero-order chi connectivity index (χ0) is 18.2. The summed E-state index contributed by atoms with van der Waals surface area (Å²) in [5.74, 6) is 0.293. The molecule has 1 atom stereocenters. The van der Waals surface area contributed by atoms with Crippen LogP contribution < -0.4 is 5.14 Å². The minimum atomic E-state index is -3.99. The highest BCUT2D eigenvalue weighted by molar-refractivity contribution is 8.14. The largest absolute Gasteiger partial charge is 0.366 e. The Morgan fingerprint density at radius 3 is 2.60 bits per heavy atom. The fourth-order valence-corrected chi connectivity index (χ4v) is 4.76. The number of nitrogens with zero attached hydrogens (tertiary/aromatic N) is 2. The molecule has 1 fully saturated rings. The van der Waals surface area contributed by atoms with Gasteiger partial charge in [0.05, 0.1) is 16.5 Å². The van der Waals surface area contributed by atoms with Crippen LogP contribution in [0.5, 0.6) is 0 Å². The lowest BCUT2D eigenvalue weighted by atomic mass is 10.0. The highest BCUT2D eigenvalue weighted by Crippen LogP contribution is 2.40. The third kappa shape index (κ3) is 3.54. The van der Waals surface area contributed by atoms with Crippen LogP contribution in [0.25, 0.3) is 0 Å². The number of sulfonamides is 1. The standard InChI is InChI=1S/C16H16ClN3O3S2/c1-20-15(19-12-5-3-2-4-6-12)24-10-16(20,21)11-7-8-13(17)14(9-11)25(18,22)23/h2-9,21H,10H2,1H3,(H2,18,22,23). The normalized spacial score (nSPS) is 22.6. The van der Waals surface area contributed by atoms with Crippen LogP contribution in [-0.2, 0) is 15.7 Å². The summed E-state index contributed by atoms with van der Waals surface area (Å²) in [5, 5.41) is 16.9. The van der Waals surface area contributed by atoms with Crippen LogP contribution >= 0.6 is 23.4 Å². The van der Waals surface area contributed by atoms with E-state index in [0.29, 0.717) is 16.5 Å². The number of benzene rings is 2. The second kappa shape index (κ2) is 6.62. The van der Waals surface area contributed by atoms with Gasteiger partial charge >= 0.3 is 0 Å². The van der Waals surface area contributed by atoms with Crippen LogP contribution in [0.4, 0.5) is 5.69 Å². The first-order valence-corrected chi connectivity index (χ1v) is 10.2. The molecule has 2 aromatic carbocycles. The molecule has 0 spiro atoms. The summed E-state index contributed by atoms with van der Waals surface area (Å²) in [6.45, 7) is 0. The average Bonchev–Trinajstić information content (AvgIpc) is 2.85. The number of rotatable bonds is 3. The Morgan fingerprint density at radius 2 is 1.96 bits per heavy atom. The summed E-state index contributed by atoms with van der Waals surface area (Å²) in [5.41, 5.74) is -0.265. The molecule has 0 saturated carbocycles. The average molecular weight is 398 g/mol. The van der Waals surface area contributed by atoms with Gasteiger partial charge in [-0.15, -0.1) is 0 Å². The first-order chi connectivity index (χ1) is 11.7. The molecule has 25 heavy (non-hydrogen) atoms. The van der Waals surface area contributed by atoms with Crippen molar-refractivity contribution in [3.8, 4) is 0 Å². The highest BCUT2D eigenvalue weighted by atomic mass is 35.5. The lowest BCUT2D eigenvalue weighted by Gasteiger charge is -2.31. The van der Waals surface area contributed by atoms with E-state index in [1.54, 1.807) is 18.0 Å². The number of primary sulfonamides is 1. The minimum Gasteiger partial charge on any atom is -0.366 e. The minimum absolute atomic E-state index is 0.0151. The van der Waals surface area contributed by atoms with E-state index in [1.807, 2.05) is 30.3 Å². The van der Waals surface area contributed by atoms with E-state index in [2.05, 4.69) is 4.99 Å². The molecule has 1 unspecified atom stereocenters.